The fraction of sp³-hybridized carbons (Fsp3) is 0.417. The van der Waals surface area contributed by atoms with Crippen LogP contribution in [0.2, 0.25) is 0 Å². The zero-order valence-electron chi connectivity index (χ0n) is 11.1. The van der Waals surface area contributed by atoms with Crippen LogP contribution in [0.5, 0.6) is 5.75 Å². The smallest absolute Gasteiger partial charge is 0.318 e. The van der Waals surface area contributed by atoms with Crippen LogP contribution in [0.4, 0.5) is 0 Å². The second-order valence-electron chi connectivity index (χ2n) is 3.39. The average Bonchev–Trinajstić information content (AvgIpc) is 2.38. The van der Waals surface area contributed by atoms with Crippen molar-refractivity contribution in [2.24, 2.45) is 0 Å². The molecule has 1 aromatic rings. The molecule has 1 aromatic carbocycles. The van der Waals surface area contributed by atoms with Crippen molar-refractivity contribution in [1.82, 2.24) is 0 Å². The van der Waals surface area contributed by atoms with Gasteiger partial charge in [-0.1, -0.05) is 12.1 Å². The topological polar surface area (TPSA) is 61.8 Å². The van der Waals surface area contributed by atoms with E-state index >= 15 is 0 Å². The molecule has 0 saturated heterocycles. The summed E-state index contributed by atoms with van der Waals surface area (Å²) in [4.78, 5) is 10.7. The Morgan fingerprint density at radius 2 is 1.61 bits per heavy atom. The molecule has 5 nitrogen and oxygen atoms in total. The molecule has 0 unspecified atom stereocenters. The highest BCUT2D eigenvalue weighted by molar-refractivity contribution is 7.33. The van der Waals surface area contributed by atoms with Gasteiger partial charge in [0.05, 0.1) is 7.11 Å². The van der Waals surface area contributed by atoms with Gasteiger partial charge in [-0.25, -0.2) is 0 Å². The number of carbonyl (C=O) groups is 1. The molecule has 6 heteroatoms. The largest absolute Gasteiger partial charge is 0.497 e. The summed E-state index contributed by atoms with van der Waals surface area (Å²) in [6.45, 7) is 1.59. The standard InChI is InChI=1S/C10H12O2.C2H7O3P/c1-8(11)7-9-3-5-10(12-2)6-4-9;1-4-6(3)5-2/h3-6H,7H2,1-2H3;6H,1-2H3. The molecule has 0 bridgehead atoms. The monoisotopic (exact) mass is 274 g/mol. The first-order valence-electron chi connectivity index (χ1n) is 5.27. The van der Waals surface area contributed by atoms with E-state index in [9.17, 15) is 9.36 Å². The Morgan fingerprint density at radius 1 is 1.11 bits per heavy atom. The molecule has 0 aliphatic rings. The Labute approximate surface area is 108 Å². The van der Waals surface area contributed by atoms with Crippen LogP contribution >= 0.6 is 8.25 Å². The number of hydrogen-bond acceptors (Lipinski definition) is 5. The maximum absolute atomic E-state index is 10.7. The minimum absolute atomic E-state index is 0.181. The lowest BCUT2D eigenvalue weighted by molar-refractivity contribution is -0.116. The fourth-order valence-corrected chi connectivity index (χ4v) is 1.28. The molecule has 0 N–H and O–H groups in total. The Bertz CT molecular complexity index is 369. The van der Waals surface area contributed by atoms with E-state index in [-0.39, 0.29) is 5.78 Å². The number of Topliss-reactive ketones (excluding diaryl/α,β-unsaturated/α-hetero) is 1. The lowest BCUT2D eigenvalue weighted by Gasteiger charge is -2.00. The summed E-state index contributed by atoms with van der Waals surface area (Å²) in [5, 5.41) is 0. The molecule has 0 aliphatic carbocycles. The van der Waals surface area contributed by atoms with Crippen molar-refractivity contribution < 1.29 is 23.1 Å². The van der Waals surface area contributed by atoms with Crippen molar-refractivity contribution in [2.75, 3.05) is 21.3 Å². The predicted octanol–water partition coefficient (Wildman–Crippen LogP) is 2.50. The van der Waals surface area contributed by atoms with Gasteiger partial charge in [0.1, 0.15) is 11.5 Å². The van der Waals surface area contributed by atoms with Crippen molar-refractivity contribution in [3.63, 3.8) is 0 Å². The van der Waals surface area contributed by atoms with Crippen molar-refractivity contribution >= 4 is 14.0 Å². The zero-order valence-corrected chi connectivity index (χ0v) is 12.1. The summed E-state index contributed by atoms with van der Waals surface area (Å²) in [7, 11) is 2.18. The summed E-state index contributed by atoms with van der Waals surface area (Å²) in [5.74, 6) is 1.00. The van der Waals surface area contributed by atoms with Crippen LogP contribution in [-0.2, 0) is 24.8 Å². The predicted molar refractivity (Wildman–Crippen MR) is 70.4 cm³/mol. The second-order valence-corrected chi connectivity index (χ2v) is 4.70. The Balaban J connectivity index is 0.000000411. The SMILES string of the molecule is CO[PH](=O)OC.COc1ccc(CC(C)=O)cc1. The molecule has 0 fully saturated rings. The van der Waals surface area contributed by atoms with Crippen LogP contribution in [0.25, 0.3) is 0 Å². The molecule has 0 atom stereocenters. The molecule has 0 aromatic heterocycles. The highest BCUT2D eigenvalue weighted by Crippen LogP contribution is 2.18. The quantitative estimate of drug-likeness (QED) is 0.772. The van der Waals surface area contributed by atoms with E-state index < -0.39 is 8.25 Å². The lowest BCUT2D eigenvalue weighted by atomic mass is 10.1. The van der Waals surface area contributed by atoms with Gasteiger partial charge in [-0.15, -0.1) is 0 Å². The molecule has 0 aliphatic heterocycles. The van der Waals surface area contributed by atoms with Crippen LogP contribution in [-0.4, -0.2) is 27.1 Å². The first-order valence-corrected chi connectivity index (χ1v) is 6.50. The van der Waals surface area contributed by atoms with E-state index in [1.54, 1.807) is 14.0 Å². The minimum atomic E-state index is -2.12. The van der Waals surface area contributed by atoms with Gasteiger partial charge in [0.15, 0.2) is 0 Å². The summed E-state index contributed by atoms with van der Waals surface area (Å²) in [6.07, 6.45) is 0.504. The van der Waals surface area contributed by atoms with E-state index in [1.165, 1.54) is 14.2 Å². The van der Waals surface area contributed by atoms with Crippen LogP contribution in [0.1, 0.15) is 12.5 Å². The molecule has 0 radical (unpaired) electrons. The Kier molecular flexibility index (Phi) is 9.19. The lowest BCUT2D eigenvalue weighted by Crippen LogP contribution is -1.95. The molecule has 1 rings (SSSR count). The Hall–Kier alpha value is -1.16. The third kappa shape index (κ3) is 8.01. The number of rotatable bonds is 5. The summed E-state index contributed by atoms with van der Waals surface area (Å²) < 4.78 is 23.4. The van der Waals surface area contributed by atoms with Gasteiger partial charge >= 0.3 is 8.25 Å². The number of ether oxygens (including phenoxy) is 1. The van der Waals surface area contributed by atoms with Crippen LogP contribution in [0.3, 0.4) is 0 Å². The van der Waals surface area contributed by atoms with Crippen molar-refractivity contribution in [1.29, 1.82) is 0 Å². The van der Waals surface area contributed by atoms with E-state index in [0.717, 1.165) is 11.3 Å². The number of hydrogen-bond donors (Lipinski definition) is 0. The van der Waals surface area contributed by atoms with Crippen LogP contribution in [0, 0.1) is 0 Å². The van der Waals surface area contributed by atoms with Crippen LogP contribution in [0.15, 0.2) is 24.3 Å². The first kappa shape index (κ1) is 16.8. The van der Waals surface area contributed by atoms with Gasteiger partial charge in [0, 0.05) is 20.6 Å². The summed E-state index contributed by atoms with van der Waals surface area (Å²) in [5.41, 5.74) is 1.03. The molecule has 0 spiro atoms. The highest BCUT2D eigenvalue weighted by atomic mass is 31.1. The molecule has 0 heterocycles. The molecule has 0 saturated carbocycles. The number of ketones is 1. The third-order valence-corrected chi connectivity index (χ3v) is 2.61. The number of methoxy groups -OCH3 is 1. The molecular weight excluding hydrogens is 255 g/mol. The highest BCUT2D eigenvalue weighted by Gasteiger charge is 1.96. The number of carbonyl (C=O) groups excluding carboxylic acids is 1. The summed E-state index contributed by atoms with van der Waals surface area (Å²) >= 11 is 0. The van der Waals surface area contributed by atoms with E-state index in [1.807, 2.05) is 24.3 Å². The molecular formula is C12H19O5P. The van der Waals surface area contributed by atoms with Gasteiger partial charge in [-0.3, -0.25) is 9.36 Å². The van der Waals surface area contributed by atoms with Gasteiger partial charge in [0.25, 0.3) is 0 Å². The van der Waals surface area contributed by atoms with Crippen molar-refractivity contribution in [3.05, 3.63) is 29.8 Å². The maximum atomic E-state index is 10.7. The van der Waals surface area contributed by atoms with E-state index in [0.29, 0.717) is 6.42 Å². The average molecular weight is 274 g/mol. The normalized spacial score (nSPS) is 9.61. The van der Waals surface area contributed by atoms with Crippen LogP contribution < -0.4 is 4.74 Å². The van der Waals surface area contributed by atoms with Crippen molar-refractivity contribution in [3.8, 4) is 5.75 Å². The second kappa shape index (κ2) is 9.83. The first-order chi connectivity index (χ1) is 8.53. The van der Waals surface area contributed by atoms with Crippen molar-refractivity contribution in [2.45, 2.75) is 13.3 Å². The Morgan fingerprint density at radius 3 is 1.89 bits per heavy atom. The van der Waals surface area contributed by atoms with Gasteiger partial charge in [-0.05, 0) is 24.6 Å². The van der Waals surface area contributed by atoms with E-state index in [2.05, 4.69) is 9.05 Å². The molecule has 102 valence electrons. The number of benzene rings is 1. The minimum Gasteiger partial charge on any atom is -0.497 e. The summed E-state index contributed by atoms with van der Waals surface area (Å²) in [6, 6.07) is 7.52. The molecule has 18 heavy (non-hydrogen) atoms. The van der Waals surface area contributed by atoms with Gasteiger partial charge in [-0.2, -0.15) is 0 Å². The third-order valence-electron chi connectivity index (χ3n) is 1.95. The fourth-order valence-electron chi connectivity index (χ4n) is 1.11. The van der Waals surface area contributed by atoms with Gasteiger partial charge < -0.3 is 13.8 Å². The van der Waals surface area contributed by atoms with Gasteiger partial charge in [0.2, 0.25) is 0 Å². The van der Waals surface area contributed by atoms with E-state index in [4.69, 9.17) is 4.74 Å². The zero-order chi connectivity index (χ0) is 14.0. The maximum Gasteiger partial charge on any atom is 0.318 e. The molecule has 0 amide bonds.